The van der Waals surface area contributed by atoms with Crippen LogP contribution in [0.5, 0.6) is 0 Å². The van der Waals surface area contributed by atoms with Gasteiger partial charge in [-0.2, -0.15) is 0 Å². The molecule has 0 atom stereocenters. The van der Waals surface area contributed by atoms with Crippen LogP contribution in [0.2, 0.25) is 0 Å². The van der Waals surface area contributed by atoms with E-state index in [1.807, 2.05) is 6.07 Å². The average molecular weight is 289 g/mol. The zero-order valence-corrected chi connectivity index (χ0v) is 9.19. The predicted molar refractivity (Wildman–Crippen MR) is 58.0 cm³/mol. The first-order chi connectivity index (χ1) is 6.13. The van der Waals surface area contributed by atoms with Crippen LogP contribution in [0.1, 0.15) is 10.4 Å². The van der Waals surface area contributed by atoms with Crippen molar-refractivity contribution < 1.29 is 9.59 Å². The van der Waals surface area contributed by atoms with Crippen LogP contribution >= 0.6 is 22.6 Å². The molecule has 13 heavy (non-hydrogen) atoms. The normalized spacial score (nSPS) is 9.38. The van der Waals surface area contributed by atoms with Gasteiger partial charge in [0, 0.05) is 35.2 Å². The molecule has 1 aromatic rings. The van der Waals surface area contributed by atoms with Crippen molar-refractivity contribution in [3.8, 4) is 0 Å². The Morgan fingerprint density at radius 1 is 1.23 bits per heavy atom. The Morgan fingerprint density at radius 2 is 1.77 bits per heavy atom. The molecule has 1 rings (SSSR count). The van der Waals surface area contributed by atoms with Crippen LogP contribution < -0.4 is 0 Å². The van der Waals surface area contributed by atoms with E-state index < -0.39 is 0 Å². The summed E-state index contributed by atoms with van der Waals surface area (Å²) in [6.45, 7) is 0. The highest BCUT2D eigenvalue weighted by Crippen LogP contribution is 2.05. The number of halogens is 1. The van der Waals surface area contributed by atoms with E-state index in [1.54, 1.807) is 46.9 Å². The van der Waals surface area contributed by atoms with Crippen molar-refractivity contribution in [3.63, 3.8) is 0 Å². The Kier molecular flexibility index (Phi) is 3.41. The van der Waals surface area contributed by atoms with Gasteiger partial charge < -0.3 is 0 Å². The number of benzene rings is 1. The average Bonchev–Trinajstić information content (AvgIpc) is 2.17. The third-order valence-corrected chi connectivity index (χ3v) is 2.31. The van der Waals surface area contributed by atoms with Crippen LogP contribution in [0.4, 0.5) is 4.79 Å². The summed E-state index contributed by atoms with van der Waals surface area (Å²) in [6.07, 6.45) is 0. The molecule has 1 aromatic carbocycles. The Hall–Kier alpha value is -0.910. The molecule has 4 heteroatoms. The quantitative estimate of drug-likeness (QED) is 0.452. The maximum absolute atomic E-state index is 11.5. The van der Waals surface area contributed by atoms with E-state index in [2.05, 4.69) is 0 Å². The fraction of sp³-hybridized carbons (Fsp3) is 0.111. The summed E-state index contributed by atoms with van der Waals surface area (Å²) in [5.41, 5.74) is 0.523. The van der Waals surface area contributed by atoms with Gasteiger partial charge in [0.2, 0.25) is 0 Å². The maximum Gasteiger partial charge on any atom is 0.289 e. The summed E-state index contributed by atoms with van der Waals surface area (Å²) in [5.74, 6) is -0.278. The van der Waals surface area contributed by atoms with Crippen molar-refractivity contribution in [2.45, 2.75) is 0 Å². The van der Waals surface area contributed by atoms with E-state index in [4.69, 9.17) is 0 Å². The number of hydrogen-bond acceptors (Lipinski definition) is 2. The van der Waals surface area contributed by atoms with Gasteiger partial charge in [0.15, 0.2) is 0 Å². The van der Waals surface area contributed by atoms with Crippen LogP contribution in [-0.2, 0) is 0 Å². The lowest BCUT2D eigenvalue weighted by Crippen LogP contribution is -2.28. The molecule has 0 aliphatic carbocycles. The molecular weight excluding hydrogens is 281 g/mol. The number of carbonyl (C=O) groups is 2. The minimum Gasteiger partial charge on any atom is -0.273 e. The number of carbonyl (C=O) groups excluding carboxylic acids is 2. The van der Waals surface area contributed by atoms with Gasteiger partial charge in [-0.3, -0.25) is 14.5 Å². The molecule has 0 saturated carbocycles. The molecule has 0 fully saturated rings. The number of nitrogens with zero attached hydrogens (tertiary/aromatic N) is 1. The summed E-state index contributed by atoms with van der Waals surface area (Å²) in [7, 11) is 1.46. The Balaban J connectivity index is 2.86. The van der Waals surface area contributed by atoms with E-state index >= 15 is 0 Å². The lowest BCUT2D eigenvalue weighted by Gasteiger charge is -2.10. The van der Waals surface area contributed by atoms with Crippen molar-refractivity contribution in [1.82, 2.24) is 4.90 Å². The number of rotatable bonds is 1. The van der Waals surface area contributed by atoms with Crippen molar-refractivity contribution in [1.29, 1.82) is 0 Å². The van der Waals surface area contributed by atoms with Gasteiger partial charge in [-0.15, -0.1) is 0 Å². The zero-order valence-electron chi connectivity index (χ0n) is 7.03. The Labute approximate surface area is 89.9 Å². The van der Waals surface area contributed by atoms with Crippen LogP contribution in [0.25, 0.3) is 0 Å². The van der Waals surface area contributed by atoms with Crippen molar-refractivity contribution in [2.75, 3.05) is 7.05 Å². The first-order valence-electron chi connectivity index (χ1n) is 3.65. The summed E-state index contributed by atoms with van der Waals surface area (Å²) in [6, 6.07) is 8.71. The van der Waals surface area contributed by atoms with Gasteiger partial charge in [-0.25, -0.2) is 0 Å². The molecule has 2 amide bonds. The smallest absolute Gasteiger partial charge is 0.273 e. The van der Waals surface area contributed by atoms with E-state index in [9.17, 15) is 9.59 Å². The first kappa shape index (κ1) is 10.2. The maximum atomic E-state index is 11.5. The lowest BCUT2D eigenvalue weighted by molar-refractivity contribution is 0.0850. The van der Waals surface area contributed by atoms with Crippen LogP contribution in [0.3, 0.4) is 0 Å². The van der Waals surface area contributed by atoms with Crippen LogP contribution in [0, 0.1) is 0 Å². The molecule has 68 valence electrons. The van der Waals surface area contributed by atoms with Gasteiger partial charge in [0.05, 0.1) is 0 Å². The van der Waals surface area contributed by atoms with Gasteiger partial charge in [-0.05, 0) is 12.1 Å². The molecule has 0 aromatic heterocycles. The van der Waals surface area contributed by atoms with Crippen molar-refractivity contribution >= 4 is 32.4 Å². The molecule has 0 N–H and O–H groups in total. The topological polar surface area (TPSA) is 37.4 Å². The third-order valence-electron chi connectivity index (χ3n) is 1.59. The highest BCUT2D eigenvalue weighted by atomic mass is 127. The van der Waals surface area contributed by atoms with Crippen LogP contribution in [0.15, 0.2) is 30.3 Å². The molecule has 0 aliphatic heterocycles. The first-order valence-corrected chi connectivity index (χ1v) is 4.73. The number of hydrogen-bond donors (Lipinski definition) is 0. The van der Waals surface area contributed by atoms with Gasteiger partial charge in [0.1, 0.15) is 0 Å². The van der Waals surface area contributed by atoms with E-state index in [-0.39, 0.29) is 9.82 Å². The summed E-state index contributed by atoms with van der Waals surface area (Å²) in [5, 5.41) is 0. The molecule has 0 unspecified atom stereocenters. The second-order valence-electron chi connectivity index (χ2n) is 2.48. The molecule has 0 radical (unpaired) electrons. The summed E-state index contributed by atoms with van der Waals surface area (Å²) >= 11 is 1.58. The van der Waals surface area contributed by atoms with Gasteiger partial charge >= 0.3 is 0 Å². The second-order valence-corrected chi connectivity index (χ2v) is 3.41. The van der Waals surface area contributed by atoms with E-state index in [0.29, 0.717) is 5.56 Å². The molecule has 0 spiro atoms. The molecule has 0 saturated heterocycles. The Morgan fingerprint density at radius 3 is 2.23 bits per heavy atom. The van der Waals surface area contributed by atoms with Crippen molar-refractivity contribution in [3.05, 3.63) is 35.9 Å². The van der Waals surface area contributed by atoms with Gasteiger partial charge in [-0.1, -0.05) is 18.2 Å². The van der Waals surface area contributed by atoms with Crippen LogP contribution in [-0.4, -0.2) is 21.8 Å². The fourth-order valence-electron chi connectivity index (χ4n) is 0.854. The summed E-state index contributed by atoms with van der Waals surface area (Å²) < 4.78 is -0.286. The zero-order chi connectivity index (χ0) is 9.84. The number of amides is 2. The standard InChI is InChI=1S/C9H8INO2/c1-11(9(10)13)8(12)7-5-3-2-4-6-7/h2-6H,1H3. The number of imide groups is 1. The summed E-state index contributed by atoms with van der Waals surface area (Å²) in [4.78, 5) is 23.4. The Bertz CT molecular complexity index is 324. The van der Waals surface area contributed by atoms with Gasteiger partial charge in [0.25, 0.3) is 9.82 Å². The molecule has 0 heterocycles. The highest BCUT2D eigenvalue weighted by molar-refractivity contribution is 14.1. The van der Waals surface area contributed by atoms with Crippen molar-refractivity contribution in [2.24, 2.45) is 0 Å². The highest BCUT2D eigenvalue weighted by Gasteiger charge is 2.14. The minimum atomic E-state index is -0.286. The van der Waals surface area contributed by atoms with E-state index in [0.717, 1.165) is 4.90 Å². The molecule has 0 aliphatic rings. The third kappa shape index (κ3) is 2.51. The minimum absolute atomic E-state index is 0.278. The molecule has 3 nitrogen and oxygen atoms in total. The SMILES string of the molecule is CN(C(=O)I)C(=O)c1ccccc1. The lowest BCUT2D eigenvalue weighted by atomic mass is 10.2. The monoisotopic (exact) mass is 289 g/mol. The molecular formula is C9H8INO2. The second kappa shape index (κ2) is 4.36. The molecule has 0 bridgehead atoms. The fourth-order valence-corrected chi connectivity index (χ4v) is 1.07. The van der Waals surface area contributed by atoms with E-state index in [1.165, 1.54) is 7.05 Å². The predicted octanol–water partition coefficient (Wildman–Crippen LogP) is 2.31. The largest absolute Gasteiger partial charge is 0.289 e.